The van der Waals surface area contributed by atoms with Crippen LogP contribution < -0.4 is 10.1 Å². The number of benzene rings is 1. The Morgan fingerprint density at radius 1 is 1.07 bits per heavy atom. The van der Waals surface area contributed by atoms with Crippen molar-refractivity contribution < 1.29 is 14.3 Å². The van der Waals surface area contributed by atoms with Crippen LogP contribution in [0, 0.1) is 23.7 Å². The van der Waals surface area contributed by atoms with Crippen molar-refractivity contribution in [1.82, 2.24) is 5.32 Å². The van der Waals surface area contributed by atoms with Crippen molar-refractivity contribution in [3.63, 3.8) is 0 Å². The summed E-state index contributed by atoms with van der Waals surface area (Å²) in [7, 11) is 1.72. The Morgan fingerprint density at radius 2 is 1.76 bits per heavy atom. The summed E-state index contributed by atoms with van der Waals surface area (Å²) in [4.78, 5) is 25.4. The third-order valence-corrected chi connectivity index (χ3v) is 7.90. The highest BCUT2D eigenvalue weighted by Gasteiger charge is 2.52. The van der Waals surface area contributed by atoms with Crippen LogP contribution in [0.4, 0.5) is 0 Å². The van der Waals surface area contributed by atoms with Crippen LogP contribution in [0.15, 0.2) is 30.4 Å². The minimum Gasteiger partial charge on any atom is -0.496 e. The second-order valence-electron chi connectivity index (χ2n) is 9.90. The first-order valence-electron chi connectivity index (χ1n) is 11.3. The predicted octanol–water partition coefficient (Wildman–Crippen LogP) is 4.78. The Bertz CT molecular complexity index is 820. The molecule has 0 radical (unpaired) electrons. The number of amides is 2. The second-order valence-corrected chi connectivity index (χ2v) is 9.90. The SMILES string of the molecule is COc1ccc(C(=O)NC(=O)C2C=CCCC2)cc1C12CC3CC(CC(C3)C1)C2. The van der Waals surface area contributed by atoms with E-state index in [2.05, 4.69) is 5.32 Å². The molecule has 29 heavy (non-hydrogen) atoms. The highest BCUT2D eigenvalue weighted by Crippen LogP contribution is 2.61. The van der Waals surface area contributed by atoms with Crippen molar-refractivity contribution in [2.75, 3.05) is 7.11 Å². The maximum Gasteiger partial charge on any atom is 0.257 e. The van der Waals surface area contributed by atoms with Crippen molar-refractivity contribution in [2.45, 2.75) is 63.2 Å². The number of nitrogens with one attached hydrogen (secondary N) is 1. The van der Waals surface area contributed by atoms with E-state index in [1.54, 1.807) is 13.2 Å². The zero-order valence-electron chi connectivity index (χ0n) is 17.3. The lowest BCUT2D eigenvalue weighted by Gasteiger charge is -2.57. The van der Waals surface area contributed by atoms with Crippen LogP contribution in [0.1, 0.15) is 73.7 Å². The van der Waals surface area contributed by atoms with E-state index in [1.165, 1.54) is 44.1 Å². The van der Waals surface area contributed by atoms with E-state index in [9.17, 15) is 9.59 Å². The minimum atomic E-state index is -0.289. The molecule has 1 aromatic rings. The fourth-order valence-corrected chi connectivity index (χ4v) is 7.01. The fraction of sp³-hybridized carbons (Fsp3) is 0.600. The topological polar surface area (TPSA) is 55.4 Å². The van der Waals surface area contributed by atoms with E-state index in [0.29, 0.717) is 5.56 Å². The molecule has 1 unspecified atom stereocenters. The van der Waals surface area contributed by atoms with Crippen molar-refractivity contribution in [1.29, 1.82) is 0 Å². The smallest absolute Gasteiger partial charge is 0.257 e. The number of carbonyl (C=O) groups excluding carboxylic acids is 2. The lowest BCUT2D eigenvalue weighted by atomic mass is 9.48. The maximum absolute atomic E-state index is 12.9. The quantitative estimate of drug-likeness (QED) is 0.592. The Morgan fingerprint density at radius 3 is 2.34 bits per heavy atom. The molecule has 1 N–H and O–H groups in total. The highest BCUT2D eigenvalue weighted by molar-refractivity contribution is 6.05. The van der Waals surface area contributed by atoms with E-state index >= 15 is 0 Å². The zero-order valence-corrected chi connectivity index (χ0v) is 17.3. The highest BCUT2D eigenvalue weighted by atomic mass is 16.5. The van der Waals surface area contributed by atoms with Crippen LogP contribution >= 0.6 is 0 Å². The molecule has 1 aromatic carbocycles. The molecular formula is C25H31NO3. The molecule has 6 rings (SSSR count). The summed E-state index contributed by atoms with van der Waals surface area (Å²) >= 11 is 0. The van der Waals surface area contributed by atoms with Gasteiger partial charge in [-0.1, -0.05) is 12.2 Å². The molecular weight excluding hydrogens is 362 g/mol. The van der Waals surface area contributed by atoms with Crippen molar-refractivity contribution in [3.05, 3.63) is 41.5 Å². The summed E-state index contributed by atoms with van der Waals surface area (Å²) in [5.41, 5.74) is 1.91. The molecule has 0 heterocycles. The Hall–Kier alpha value is -2.10. The summed E-state index contributed by atoms with van der Waals surface area (Å²) in [6.45, 7) is 0. The molecule has 1 atom stereocenters. The van der Waals surface area contributed by atoms with Gasteiger partial charge in [0.2, 0.25) is 5.91 Å². The summed E-state index contributed by atoms with van der Waals surface area (Å²) < 4.78 is 5.74. The molecule has 0 aromatic heterocycles. The predicted molar refractivity (Wildman–Crippen MR) is 112 cm³/mol. The van der Waals surface area contributed by atoms with E-state index in [0.717, 1.165) is 42.8 Å². The zero-order chi connectivity index (χ0) is 20.0. The largest absolute Gasteiger partial charge is 0.496 e. The molecule has 4 nitrogen and oxygen atoms in total. The van der Waals surface area contributed by atoms with Gasteiger partial charge >= 0.3 is 0 Å². The Balaban J connectivity index is 1.41. The third-order valence-electron chi connectivity index (χ3n) is 7.90. The minimum absolute atomic E-state index is 0.145. The van der Waals surface area contributed by atoms with Gasteiger partial charge < -0.3 is 4.74 Å². The standard InChI is InChI=1S/C25H31NO3/c1-29-22-8-7-20(24(28)26-23(27)19-5-3-2-4-6-19)12-21(22)25-13-16-9-17(14-25)11-18(10-16)15-25/h3,5,7-8,12,16-19H,2,4,6,9-11,13-15H2,1H3,(H,26,27,28). The summed E-state index contributed by atoms with van der Waals surface area (Å²) in [6.07, 6.45) is 14.6. The maximum atomic E-state index is 12.9. The van der Waals surface area contributed by atoms with Gasteiger partial charge in [0.15, 0.2) is 0 Å². The fourth-order valence-electron chi connectivity index (χ4n) is 7.01. The van der Waals surface area contributed by atoms with Crippen LogP contribution in [-0.4, -0.2) is 18.9 Å². The van der Waals surface area contributed by atoms with Crippen molar-refractivity contribution in [3.8, 4) is 5.75 Å². The summed E-state index contributed by atoms with van der Waals surface area (Å²) in [5, 5.41) is 2.63. The first kappa shape index (κ1) is 18.9. The van der Waals surface area contributed by atoms with Gasteiger partial charge in [-0.15, -0.1) is 0 Å². The molecule has 4 bridgehead atoms. The number of allylic oxidation sites excluding steroid dienone is 1. The van der Waals surface area contributed by atoms with Crippen LogP contribution in [0.2, 0.25) is 0 Å². The molecule has 4 heteroatoms. The van der Waals surface area contributed by atoms with Crippen LogP contribution in [0.25, 0.3) is 0 Å². The van der Waals surface area contributed by atoms with Gasteiger partial charge in [0.1, 0.15) is 5.75 Å². The normalized spacial score (nSPS) is 34.8. The van der Waals surface area contributed by atoms with Gasteiger partial charge in [-0.05, 0) is 99.2 Å². The summed E-state index contributed by atoms with van der Waals surface area (Å²) in [6, 6.07) is 5.74. The average Bonchev–Trinajstić information content (AvgIpc) is 2.73. The molecule has 4 saturated carbocycles. The van der Waals surface area contributed by atoms with Gasteiger partial charge in [-0.2, -0.15) is 0 Å². The lowest BCUT2D eigenvalue weighted by molar-refractivity contribution is -0.122. The van der Waals surface area contributed by atoms with E-state index in [4.69, 9.17) is 4.74 Å². The Labute approximate surface area is 173 Å². The molecule has 5 aliphatic carbocycles. The second kappa shape index (κ2) is 7.30. The number of hydrogen-bond donors (Lipinski definition) is 1. The van der Waals surface area contributed by atoms with E-state index in [1.807, 2.05) is 24.3 Å². The third kappa shape index (κ3) is 3.41. The first-order chi connectivity index (χ1) is 14.1. The van der Waals surface area contributed by atoms with Gasteiger partial charge in [-0.3, -0.25) is 14.9 Å². The van der Waals surface area contributed by atoms with Crippen LogP contribution in [0.3, 0.4) is 0 Å². The average molecular weight is 394 g/mol. The van der Waals surface area contributed by atoms with Gasteiger partial charge in [-0.25, -0.2) is 0 Å². The van der Waals surface area contributed by atoms with Gasteiger partial charge in [0, 0.05) is 11.1 Å². The van der Waals surface area contributed by atoms with E-state index in [-0.39, 0.29) is 23.1 Å². The first-order valence-corrected chi connectivity index (χ1v) is 11.3. The Kier molecular flexibility index (Phi) is 4.76. The number of methoxy groups -OCH3 is 1. The number of hydrogen-bond acceptors (Lipinski definition) is 3. The molecule has 0 saturated heterocycles. The number of rotatable bonds is 4. The van der Waals surface area contributed by atoms with Crippen molar-refractivity contribution in [2.24, 2.45) is 23.7 Å². The van der Waals surface area contributed by atoms with Gasteiger partial charge in [0.25, 0.3) is 5.91 Å². The van der Waals surface area contributed by atoms with Gasteiger partial charge in [0.05, 0.1) is 13.0 Å². The van der Waals surface area contributed by atoms with Crippen LogP contribution in [-0.2, 0) is 10.2 Å². The number of imide groups is 1. The molecule has 154 valence electrons. The number of ether oxygens (including phenoxy) is 1. The molecule has 5 aliphatic rings. The van der Waals surface area contributed by atoms with E-state index < -0.39 is 0 Å². The molecule has 0 aliphatic heterocycles. The monoisotopic (exact) mass is 393 g/mol. The van der Waals surface area contributed by atoms with Crippen LogP contribution in [0.5, 0.6) is 5.75 Å². The molecule has 0 spiro atoms. The molecule has 2 amide bonds. The van der Waals surface area contributed by atoms with Crippen molar-refractivity contribution >= 4 is 11.8 Å². The lowest BCUT2D eigenvalue weighted by Crippen LogP contribution is -2.48. The number of carbonyl (C=O) groups is 2. The molecule has 4 fully saturated rings. The summed E-state index contributed by atoms with van der Waals surface area (Å²) in [5.74, 6) is 2.70.